The number of amides is 1. The Kier molecular flexibility index (Phi) is 6.36. The number of ether oxygens (including phenoxy) is 1. The summed E-state index contributed by atoms with van der Waals surface area (Å²) in [5, 5.41) is 3.40. The third kappa shape index (κ3) is 3.82. The molecule has 4 nitrogen and oxygen atoms in total. The highest BCUT2D eigenvalue weighted by atomic mass is 16.5. The molecule has 4 heteroatoms. The summed E-state index contributed by atoms with van der Waals surface area (Å²) in [5.41, 5.74) is 0. The molecule has 1 aliphatic heterocycles. The van der Waals surface area contributed by atoms with Gasteiger partial charge in [0.05, 0.1) is 19.1 Å². The fourth-order valence-electron chi connectivity index (χ4n) is 2.24. The van der Waals surface area contributed by atoms with Crippen LogP contribution in [0.5, 0.6) is 0 Å². The van der Waals surface area contributed by atoms with Gasteiger partial charge < -0.3 is 15.0 Å². The van der Waals surface area contributed by atoms with Crippen LogP contribution < -0.4 is 5.32 Å². The van der Waals surface area contributed by atoms with E-state index in [4.69, 9.17) is 4.74 Å². The van der Waals surface area contributed by atoms with Crippen molar-refractivity contribution < 1.29 is 9.53 Å². The zero-order chi connectivity index (χ0) is 13.5. The van der Waals surface area contributed by atoms with Crippen LogP contribution in [0.1, 0.15) is 27.2 Å². The number of hydrogen-bond donors (Lipinski definition) is 1. The van der Waals surface area contributed by atoms with Crippen molar-refractivity contribution in [1.29, 1.82) is 0 Å². The summed E-state index contributed by atoms with van der Waals surface area (Å²) >= 11 is 0. The highest BCUT2D eigenvalue weighted by molar-refractivity contribution is 5.80. The van der Waals surface area contributed by atoms with E-state index in [-0.39, 0.29) is 23.9 Å². The second-order valence-corrected chi connectivity index (χ2v) is 5.08. The lowest BCUT2D eigenvalue weighted by Crippen LogP contribution is -2.48. The molecule has 2 atom stereocenters. The topological polar surface area (TPSA) is 41.6 Å². The quantitative estimate of drug-likeness (QED) is 0.699. The van der Waals surface area contributed by atoms with Crippen LogP contribution >= 0.6 is 0 Å². The Hall–Kier alpha value is -0.870. The molecule has 0 aliphatic carbocycles. The lowest BCUT2D eigenvalue weighted by Gasteiger charge is -2.30. The van der Waals surface area contributed by atoms with Gasteiger partial charge in [0.25, 0.3) is 0 Å². The van der Waals surface area contributed by atoms with Gasteiger partial charge in [-0.1, -0.05) is 13.0 Å². The Morgan fingerprint density at radius 2 is 2.28 bits per heavy atom. The standard InChI is InChI=1S/C14H26N2O2/c1-5-7-15-13-10-18-9-12(13)14(17)16(8-6-2)11(3)4/h6,11-13,15H,2,5,7-10H2,1,3-4H3. The average Bonchev–Trinajstić information content (AvgIpc) is 2.80. The maximum Gasteiger partial charge on any atom is 0.230 e. The summed E-state index contributed by atoms with van der Waals surface area (Å²) in [6, 6.07) is 0.353. The lowest BCUT2D eigenvalue weighted by atomic mass is 10.0. The zero-order valence-corrected chi connectivity index (χ0v) is 11.8. The van der Waals surface area contributed by atoms with E-state index in [1.165, 1.54) is 0 Å². The largest absolute Gasteiger partial charge is 0.379 e. The summed E-state index contributed by atoms with van der Waals surface area (Å²) < 4.78 is 5.46. The van der Waals surface area contributed by atoms with Crippen molar-refractivity contribution in [3.05, 3.63) is 12.7 Å². The molecular formula is C14H26N2O2. The Morgan fingerprint density at radius 3 is 2.83 bits per heavy atom. The van der Waals surface area contributed by atoms with Gasteiger partial charge in [0.15, 0.2) is 0 Å². The second kappa shape index (κ2) is 7.54. The predicted molar refractivity (Wildman–Crippen MR) is 73.4 cm³/mol. The fourth-order valence-corrected chi connectivity index (χ4v) is 2.24. The van der Waals surface area contributed by atoms with Crippen molar-refractivity contribution in [3.63, 3.8) is 0 Å². The second-order valence-electron chi connectivity index (χ2n) is 5.08. The first-order valence-corrected chi connectivity index (χ1v) is 6.84. The molecule has 1 fully saturated rings. The molecule has 104 valence electrons. The van der Waals surface area contributed by atoms with E-state index in [1.54, 1.807) is 6.08 Å². The average molecular weight is 254 g/mol. The first-order chi connectivity index (χ1) is 8.61. The molecule has 0 aromatic rings. The summed E-state index contributed by atoms with van der Waals surface area (Å²) in [6.07, 6.45) is 2.85. The molecule has 0 radical (unpaired) electrons. The number of nitrogens with zero attached hydrogens (tertiary/aromatic N) is 1. The number of hydrogen-bond acceptors (Lipinski definition) is 3. The molecule has 0 aromatic carbocycles. The molecule has 0 aromatic heterocycles. The molecule has 0 bridgehead atoms. The molecule has 0 saturated carbocycles. The van der Waals surface area contributed by atoms with Gasteiger partial charge in [0.1, 0.15) is 0 Å². The monoisotopic (exact) mass is 254 g/mol. The number of nitrogens with one attached hydrogen (secondary N) is 1. The maximum absolute atomic E-state index is 12.5. The van der Waals surface area contributed by atoms with Crippen molar-refractivity contribution in [3.8, 4) is 0 Å². The Bertz CT molecular complexity index is 279. The van der Waals surface area contributed by atoms with E-state index in [1.807, 2.05) is 18.7 Å². The molecule has 2 unspecified atom stereocenters. The molecule has 1 saturated heterocycles. The summed E-state index contributed by atoms with van der Waals surface area (Å²) in [5.74, 6) is 0.120. The minimum atomic E-state index is -0.0566. The van der Waals surface area contributed by atoms with E-state index < -0.39 is 0 Å². The van der Waals surface area contributed by atoms with Crippen molar-refractivity contribution >= 4 is 5.91 Å². The van der Waals surface area contributed by atoms with Crippen LogP contribution in [0.15, 0.2) is 12.7 Å². The first kappa shape index (κ1) is 15.2. The van der Waals surface area contributed by atoms with Gasteiger partial charge in [-0.3, -0.25) is 4.79 Å². The predicted octanol–water partition coefficient (Wildman–Crippen LogP) is 1.42. The molecule has 1 aliphatic rings. The third-order valence-electron chi connectivity index (χ3n) is 3.29. The zero-order valence-electron chi connectivity index (χ0n) is 11.8. The maximum atomic E-state index is 12.5. The highest BCUT2D eigenvalue weighted by Gasteiger charge is 2.36. The molecule has 0 spiro atoms. The first-order valence-electron chi connectivity index (χ1n) is 6.84. The molecular weight excluding hydrogens is 228 g/mol. The smallest absolute Gasteiger partial charge is 0.230 e. The van der Waals surface area contributed by atoms with Gasteiger partial charge in [-0.2, -0.15) is 0 Å². The Morgan fingerprint density at radius 1 is 1.56 bits per heavy atom. The molecule has 1 heterocycles. The number of rotatable bonds is 7. The van der Waals surface area contributed by atoms with Crippen LogP contribution in [0.3, 0.4) is 0 Å². The van der Waals surface area contributed by atoms with E-state index >= 15 is 0 Å². The molecule has 1 rings (SSSR count). The summed E-state index contributed by atoms with van der Waals surface area (Å²) in [7, 11) is 0. The summed E-state index contributed by atoms with van der Waals surface area (Å²) in [6.45, 7) is 12.6. The molecule has 1 N–H and O–H groups in total. The van der Waals surface area contributed by atoms with Gasteiger partial charge in [-0.25, -0.2) is 0 Å². The van der Waals surface area contributed by atoms with Crippen LogP contribution in [0.2, 0.25) is 0 Å². The normalized spacial score (nSPS) is 23.3. The highest BCUT2D eigenvalue weighted by Crippen LogP contribution is 2.18. The van der Waals surface area contributed by atoms with E-state index in [2.05, 4.69) is 18.8 Å². The van der Waals surface area contributed by atoms with Crippen molar-refractivity contribution in [1.82, 2.24) is 10.2 Å². The van der Waals surface area contributed by atoms with Gasteiger partial charge in [-0.15, -0.1) is 6.58 Å². The van der Waals surface area contributed by atoms with Crippen LogP contribution in [0.25, 0.3) is 0 Å². The van der Waals surface area contributed by atoms with Gasteiger partial charge in [-0.05, 0) is 26.8 Å². The van der Waals surface area contributed by atoms with Crippen molar-refractivity contribution in [2.24, 2.45) is 5.92 Å². The van der Waals surface area contributed by atoms with Gasteiger partial charge in [0.2, 0.25) is 5.91 Å². The van der Waals surface area contributed by atoms with E-state index in [0.29, 0.717) is 19.8 Å². The van der Waals surface area contributed by atoms with Gasteiger partial charge in [0, 0.05) is 18.6 Å². The van der Waals surface area contributed by atoms with Gasteiger partial charge >= 0.3 is 0 Å². The van der Waals surface area contributed by atoms with Crippen molar-refractivity contribution in [2.75, 3.05) is 26.3 Å². The van der Waals surface area contributed by atoms with Crippen LogP contribution in [-0.2, 0) is 9.53 Å². The summed E-state index contributed by atoms with van der Waals surface area (Å²) in [4.78, 5) is 14.4. The number of carbonyl (C=O) groups is 1. The lowest BCUT2D eigenvalue weighted by molar-refractivity contribution is -0.137. The third-order valence-corrected chi connectivity index (χ3v) is 3.29. The minimum absolute atomic E-state index is 0.0566. The molecule has 18 heavy (non-hydrogen) atoms. The minimum Gasteiger partial charge on any atom is -0.379 e. The SMILES string of the molecule is C=CCN(C(=O)C1COCC1NCCC)C(C)C. The van der Waals surface area contributed by atoms with Crippen molar-refractivity contribution in [2.45, 2.75) is 39.3 Å². The van der Waals surface area contributed by atoms with E-state index in [9.17, 15) is 4.79 Å². The van der Waals surface area contributed by atoms with E-state index in [0.717, 1.165) is 13.0 Å². The van der Waals surface area contributed by atoms with Crippen LogP contribution in [0.4, 0.5) is 0 Å². The molecule has 1 amide bonds. The Labute approximate surface area is 110 Å². The Balaban J connectivity index is 2.64. The fraction of sp³-hybridized carbons (Fsp3) is 0.786. The number of carbonyl (C=O) groups excluding carboxylic acids is 1. The van der Waals surface area contributed by atoms with Crippen LogP contribution in [-0.4, -0.2) is 49.2 Å². The van der Waals surface area contributed by atoms with Crippen LogP contribution in [0, 0.1) is 5.92 Å².